The van der Waals surface area contributed by atoms with Crippen LogP contribution in [0.5, 0.6) is 0 Å². The van der Waals surface area contributed by atoms with Crippen molar-refractivity contribution >= 4 is 11.6 Å². The highest BCUT2D eigenvalue weighted by atomic mass is 16.2. The van der Waals surface area contributed by atoms with Gasteiger partial charge in [-0.25, -0.2) is 0 Å². The number of nitrogen functional groups attached to an aromatic ring is 1. The summed E-state index contributed by atoms with van der Waals surface area (Å²) in [5.41, 5.74) is 5.69. The number of carbonyl (C=O) groups is 1. The number of nitrogens with zero attached hydrogens (tertiary/aromatic N) is 1. The van der Waals surface area contributed by atoms with E-state index in [0.717, 1.165) is 0 Å². The van der Waals surface area contributed by atoms with Gasteiger partial charge in [-0.1, -0.05) is 12.8 Å². The number of carbonyl (C=O) groups excluding carboxylic acids is 1. The summed E-state index contributed by atoms with van der Waals surface area (Å²) in [5, 5.41) is 2.64. The van der Waals surface area contributed by atoms with Gasteiger partial charge in [0, 0.05) is 18.0 Å². The lowest BCUT2D eigenvalue weighted by molar-refractivity contribution is -0.122. The molecule has 1 amide bonds. The molecule has 5 nitrogen and oxygen atoms in total. The van der Waals surface area contributed by atoms with Crippen molar-refractivity contribution in [3.05, 3.63) is 28.7 Å². The molecule has 1 aromatic rings. The molecule has 0 bridgehead atoms. The molecule has 0 fully saturated rings. The SMILES string of the molecule is C#CC(CC)NC(=O)Cn1cc(N)ccc1=O. The Morgan fingerprint density at radius 1 is 1.65 bits per heavy atom. The fourth-order valence-corrected chi connectivity index (χ4v) is 1.33. The molecule has 0 aliphatic rings. The van der Waals surface area contributed by atoms with E-state index in [9.17, 15) is 9.59 Å². The van der Waals surface area contributed by atoms with Gasteiger partial charge >= 0.3 is 0 Å². The van der Waals surface area contributed by atoms with Crippen molar-refractivity contribution in [3.63, 3.8) is 0 Å². The molecule has 5 heteroatoms. The van der Waals surface area contributed by atoms with Crippen molar-refractivity contribution in [2.24, 2.45) is 0 Å². The second-order valence-corrected chi connectivity index (χ2v) is 3.62. The molecule has 0 aromatic carbocycles. The van der Waals surface area contributed by atoms with Crippen molar-refractivity contribution < 1.29 is 4.79 Å². The lowest BCUT2D eigenvalue weighted by Gasteiger charge is -2.11. The molecule has 0 saturated carbocycles. The van der Waals surface area contributed by atoms with Crippen LogP contribution in [0, 0.1) is 12.3 Å². The maximum atomic E-state index is 11.6. The zero-order valence-electron chi connectivity index (χ0n) is 9.64. The van der Waals surface area contributed by atoms with Crippen molar-refractivity contribution in [2.45, 2.75) is 25.9 Å². The van der Waals surface area contributed by atoms with E-state index in [0.29, 0.717) is 12.1 Å². The summed E-state index contributed by atoms with van der Waals surface area (Å²) >= 11 is 0. The summed E-state index contributed by atoms with van der Waals surface area (Å²) in [6.45, 7) is 1.79. The van der Waals surface area contributed by atoms with Gasteiger partial charge in [-0.3, -0.25) is 9.59 Å². The first-order valence-corrected chi connectivity index (χ1v) is 5.28. The van der Waals surface area contributed by atoms with E-state index < -0.39 is 0 Å². The number of nitrogens with one attached hydrogen (secondary N) is 1. The van der Waals surface area contributed by atoms with E-state index in [2.05, 4.69) is 11.2 Å². The number of terminal acetylenes is 1. The second kappa shape index (κ2) is 5.75. The number of rotatable bonds is 4. The van der Waals surface area contributed by atoms with Crippen molar-refractivity contribution in [1.29, 1.82) is 0 Å². The highest BCUT2D eigenvalue weighted by Gasteiger charge is 2.08. The molecule has 0 radical (unpaired) electrons. The van der Waals surface area contributed by atoms with E-state index in [-0.39, 0.29) is 24.1 Å². The second-order valence-electron chi connectivity index (χ2n) is 3.62. The number of amides is 1. The van der Waals surface area contributed by atoms with Gasteiger partial charge in [0.25, 0.3) is 5.56 Å². The van der Waals surface area contributed by atoms with Gasteiger partial charge in [0.2, 0.25) is 5.91 Å². The maximum absolute atomic E-state index is 11.6. The lowest BCUT2D eigenvalue weighted by atomic mass is 10.2. The molecule has 0 aliphatic carbocycles. The van der Waals surface area contributed by atoms with Crippen LogP contribution in [0.1, 0.15) is 13.3 Å². The molecule has 1 unspecified atom stereocenters. The Morgan fingerprint density at radius 3 is 2.94 bits per heavy atom. The number of hydrogen-bond donors (Lipinski definition) is 2. The summed E-state index contributed by atoms with van der Waals surface area (Å²) in [6.07, 6.45) is 7.30. The Labute approximate surface area is 99.6 Å². The van der Waals surface area contributed by atoms with Crippen molar-refractivity contribution in [3.8, 4) is 12.3 Å². The number of nitrogens with two attached hydrogens (primary N) is 1. The molecule has 0 aliphatic heterocycles. The minimum Gasteiger partial charge on any atom is -0.398 e. The van der Waals surface area contributed by atoms with Crippen LogP contribution in [0.15, 0.2) is 23.1 Å². The summed E-state index contributed by atoms with van der Waals surface area (Å²) in [7, 11) is 0. The first-order valence-electron chi connectivity index (χ1n) is 5.28. The first kappa shape index (κ1) is 12.8. The minimum atomic E-state index is -0.306. The Kier molecular flexibility index (Phi) is 4.35. The van der Waals surface area contributed by atoms with Crippen LogP contribution in [0.2, 0.25) is 0 Å². The average molecular weight is 233 g/mol. The third-order valence-corrected chi connectivity index (χ3v) is 2.26. The minimum absolute atomic E-state index is 0.0813. The highest BCUT2D eigenvalue weighted by Crippen LogP contribution is 1.96. The Balaban J connectivity index is 2.72. The molecule has 1 aromatic heterocycles. The van der Waals surface area contributed by atoms with E-state index in [4.69, 9.17) is 12.2 Å². The fraction of sp³-hybridized carbons (Fsp3) is 0.333. The van der Waals surface area contributed by atoms with Gasteiger partial charge in [0.15, 0.2) is 0 Å². The monoisotopic (exact) mass is 233 g/mol. The predicted octanol–water partition coefficient (Wildman–Crippen LogP) is -0.0415. The van der Waals surface area contributed by atoms with Crippen LogP contribution in [0.4, 0.5) is 5.69 Å². The molecule has 1 heterocycles. The van der Waals surface area contributed by atoms with Crippen molar-refractivity contribution in [2.75, 3.05) is 5.73 Å². The van der Waals surface area contributed by atoms with Gasteiger partial charge in [0.05, 0.1) is 6.04 Å². The summed E-state index contributed by atoms with van der Waals surface area (Å²) in [5.74, 6) is 2.15. The summed E-state index contributed by atoms with van der Waals surface area (Å²) in [6, 6.07) is 2.51. The molecule has 0 spiro atoms. The molecule has 1 rings (SSSR count). The van der Waals surface area contributed by atoms with Gasteiger partial charge < -0.3 is 15.6 Å². The molecule has 3 N–H and O–H groups in total. The topological polar surface area (TPSA) is 77.1 Å². The number of anilines is 1. The summed E-state index contributed by atoms with van der Waals surface area (Å²) < 4.78 is 1.24. The molecule has 1 atom stereocenters. The standard InChI is InChI=1S/C12H15N3O2/c1-3-10(4-2)14-11(16)8-15-7-9(13)5-6-12(15)17/h1,5-7,10H,4,8,13H2,2H3,(H,14,16). The number of aromatic nitrogens is 1. The largest absolute Gasteiger partial charge is 0.398 e. The van der Waals surface area contributed by atoms with Crippen LogP contribution in [0.25, 0.3) is 0 Å². The first-order chi connectivity index (χ1) is 8.06. The lowest BCUT2D eigenvalue weighted by Crippen LogP contribution is -2.37. The molecular weight excluding hydrogens is 218 g/mol. The third kappa shape index (κ3) is 3.68. The molecular formula is C12H15N3O2. The van der Waals surface area contributed by atoms with Crippen LogP contribution in [0.3, 0.4) is 0 Å². The number of pyridine rings is 1. The smallest absolute Gasteiger partial charge is 0.251 e. The summed E-state index contributed by atoms with van der Waals surface area (Å²) in [4.78, 5) is 23.0. The predicted molar refractivity (Wildman–Crippen MR) is 66.2 cm³/mol. The highest BCUT2D eigenvalue weighted by molar-refractivity contribution is 5.76. The fourth-order valence-electron chi connectivity index (χ4n) is 1.33. The Hall–Kier alpha value is -2.22. The van der Waals surface area contributed by atoms with Crippen molar-refractivity contribution in [1.82, 2.24) is 9.88 Å². The van der Waals surface area contributed by atoms with E-state index in [1.807, 2.05) is 6.92 Å². The third-order valence-electron chi connectivity index (χ3n) is 2.26. The maximum Gasteiger partial charge on any atom is 0.251 e. The molecule has 0 saturated heterocycles. The van der Waals surface area contributed by atoms with Crippen LogP contribution in [-0.4, -0.2) is 16.5 Å². The molecule has 90 valence electrons. The Morgan fingerprint density at radius 2 is 2.35 bits per heavy atom. The van der Waals surface area contributed by atoms with E-state index >= 15 is 0 Å². The van der Waals surface area contributed by atoms with Gasteiger partial charge in [-0.05, 0) is 12.5 Å². The normalized spacial score (nSPS) is 11.5. The Bertz CT molecular complexity index is 499. The van der Waals surface area contributed by atoms with E-state index in [1.54, 1.807) is 0 Å². The number of hydrogen-bond acceptors (Lipinski definition) is 3. The van der Waals surface area contributed by atoms with Crippen LogP contribution in [-0.2, 0) is 11.3 Å². The molecule has 17 heavy (non-hydrogen) atoms. The average Bonchev–Trinajstić information content (AvgIpc) is 2.31. The van der Waals surface area contributed by atoms with E-state index in [1.165, 1.54) is 22.9 Å². The quantitative estimate of drug-likeness (QED) is 0.716. The van der Waals surface area contributed by atoms with Gasteiger partial charge in [-0.2, -0.15) is 0 Å². The van der Waals surface area contributed by atoms with Crippen LogP contribution < -0.4 is 16.6 Å². The van der Waals surface area contributed by atoms with Crippen LogP contribution >= 0.6 is 0 Å². The van der Waals surface area contributed by atoms with Gasteiger partial charge in [0.1, 0.15) is 6.54 Å². The van der Waals surface area contributed by atoms with Gasteiger partial charge in [-0.15, -0.1) is 6.42 Å². The zero-order valence-corrected chi connectivity index (χ0v) is 9.64. The zero-order chi connectivity index (χ0) is 12.8.